The van der Waals surface area contributed by atoms with Crippen LogP contribution >= 0.6 is 0 Å². The van der Waals surface area contributed by atoms with Gasteiger partial charge in [-0.15, -0.1) is 0 Å². The van der Waals surface area contributed by atoms with Gasteiger partial charge in [-0.05, 0) is 31.2 Å². The molecule has 1 amide bonds. The lowest BCUT2D eigenvalue weighted by molar-refractivity contribution is 0.0992. The third kappa shape index (κ3) is 2.81. The van der Waals surface area contributed by atoms with Crippen LogP contribution in [0.2, 0.25) is 0 Å². The molecule has 0 fully saturated rings. The maximum atomic E-state index is 12.8. The van der Waals surface area contributed by atoms with Crippen LogP contribution in [0.25, 0.3) is 5.69 Å². The molecule has 0 aliphatic rings. The number of anilines is 2. The van der Waals surface area contributed by atoms with Crippen molar-refractivity contribution < 1.29 is 4.79 Å². The van der Waals surface area contributed by atoms with Crippen LogP contribution in [0.1, 0.15) is 16.1 Å². The highest BCUT2D eigenvalue weighted by Gasteiger charge is 2.20. The molecule has 23 heavy (non-hydrogen) atoms. The molecule has 5 nitrogen and oxygen atoms in total. The number of hydrogen-bond acceptors (Lipinski definition) is 3. The third-order valence-electron chi connectivity index (χ3n) is 3.65. The molecular formula is C18H18N4O. The molecular weight excluding hydrogens is 288 g/mol. The van der Waals surface area contributed by atoms with Gasteiger partial charge in [-0.3, -0.25) is 9.69 Å². The smallest absolute Gasteiger partial charge is 0.261 e. The van der Waals surface area contributed by atoms with Gasteiger partial charge >= 0.3 is 0 Å². The van der Waals surface area contributed by atoms with Crippen LogP contribution in [-0.2, 0) is 0 Å². The van der Waals surface area contributed by atoms with Crippen LogP contribution < -0.4 is 10.6 Å². The Bertz CT molecular complexity index is 839. The molecule has 0 radical (unpaired) electrons. The fourth-order valence-electron chi connectivity index (χ4n) is 2.46. The summed E-state index contributed by atoms with van der Waals surface area (Å²) < 4.78 is 1.76. The van der Waals surface area contributed by atoms with Crippen molar-refractivity contribution in [2.24, 2.45) is 0 Å². The SMILES string of the molecule is Cc1cc(N(C)C(=O)c2ccccc2N)n(-c2ccccc2)n1. The summed E-state index contributed by atoms with van der Waals surface area (Å²) >= 11 is 0. The molecule has 0 saturated carbocycles. The molecule has 116 valence electrons. The van der Waals surface area contributed by atoms with Gasteiger partial charge in [0.2, 0.25) is 0 Å². The van der Waals surface area contributed by atoms with Gasteiger partial charge in [0.05, 0.1) is 16.9 Å². The second kappa shape index (κ2) is 5.96. The van der Waals surface area contributed by atoms with E-state index in [2.05, 4.69) is 5.10 Å². The third-order valence-corrected chi connectivity index (χ3v) is 3.65. The Kier molecular flexibility index (Phi) is 3.85. The number of hydrogen-bond donors (Lipinski definition) is 1. The van der Waals surface area contributed by atoms with Gasteiger partial charge < -0.3 is 5.73 Å². The largest absolute Gasteiger partial charge is 0.398 e. The van der Waals surface area contributed by atoms with Crippen LogP contribution in [0.3, 0.4) is 0 Å². The summed E-state index contributed by atoms with van der Waals surface area (Å²) in [6, 6.07) is 18.7. The number of aromatic nitrogens is 2. The van der Waals surface area contributed by atoms with Crippen LogP contribution in [0.5, 0.6) is 0 Å². The van der Waals surface area contributed by atoms with Crippen molar-refractivity contribution >= 4 is 17.4 Å². The van der Waals surface area contributed by atoms with E-state index in [9.17, 15) is 4.79 Å². The minimum atomic E-state index is -0.166. The summed E-state index contributed by atoms with van der Waals surface area (Å²) in [5, 5.41) is 4.49. The predicted octanol–water partition coefficient (Wildman–Crippen LogP) is 3.04. The molecule has 0 saturated heterocycles. The van der Waals surface area contributed by atoms with Crippen LogP contribution in [0, 0.1) is 6.92 Å². The summed E-state index contributed by atoms with van der Waals surface area (Å²) in [7, 11) is 1.73. The number of carbonyl (C=O) groups is 1. The van der Waals surface area contributed by atoms with E-state index < -0.39 is 0 Å². The molecule has 0 aliphatic heterocycles. The van der Waals surface area contributed by atoms with Gasteiger partial charge in [-0.25, -0.2) is 4.68 Å². The van der Waals surface area contributed by atoms with Crippen LogP contribution in [-0.4, -0.2) is 22.7 Å². The standard InChI is InChI=1S/C18H18N4O/c1-13-12-17(22(20-13)14-8-4-3-5-9-14)21(2)18(23)15-10-6-7-11-16(15)19/h3-12H,19H2,1-2H3. The highest BCUT2D eigenvalue weighted by Crippen LogP contribution is 2.23. The quantitative estimate of drug-likeness (QED) is 0.756. The molecule has 3 aromatic rings. The second-order valence-electron chi connectivity index (χ2n) is 5.34. The van der Waals surface area contributed by atoms with Crippen molar-refractivity contribution in [2.75, 3.05) is 17.7 Å². The van der Waals surface area contributed by atoms with E-state index in [1.165, 1.54) is 0 Å². The van der Waals surface area contributed by atoms with Gasteiger partial charge in [0, 0.05) is 18.8 Å². The minimum Gasteiger partial charge on any atom is -0.398 e. The first-order valence-electron chi connectivity index (χ1n) is 7.32. The summed E-state index contributed by atoms with van der Waals surface area (Å²) in [6.45, 7) is 1.90. The average molecular weight is 306 g/mol. The molecule has 0 atom stereocenters. The lowest BCUT2D eigenvalue weighted by atomic mass is 10.1. The molecule has 0 unspecified atom stereocenters. The Morgan fingerprint density at radius 1 is 1.09 bits per heavy atom. The molecule has 0 spiro atoms. The van der Waals surface area contributed by atoms with E-state index >= 15 is 0 Å². The summed E-state index contributed by atoms with van der Waals surface area (Å²) in [5.74, 6) is 0.530. The minimum absolute atomic E-state index is 0.166. The highest BCUT2D eigenvalue weighted by molar-refractivity contribution is 6.08. The number of carbonyl (C=O) groups excluding carboxylic acids is 1. The Labute approximate surface area is 135 Å². The number of amides is 1. The summed E-state index contributed by atoms with van der Waals surface area (Å²) in [4.78, 5) is 14.3. The van der Waals surface area contributed by atoms with E-state index in [-0.39, 0.29) is 5.91 Å². The van der Waals surface area contributed by atoms with Crippen molar-refractivity contribution in [3.8, 4) is 5.69 Å². The second-order valence-corrected chi connectivity index (χ2v) is 5.34. The van der Waals surface area contributed by atoms with Crippen molar-refractivity contribution in [3.05, 3.63) is 71.9 Å². The maximum Gasteiger partial charge on any atom is 0.261 e. The molecule has 3 rings (SSSR count). The van der Waals surface area contributed by atoms with Crippen molar-refractivity contribution in [1.82, 2.24) is 9.78 Å². The Morgan fingerprint density at radius 2 is 1.74 bits per heavy atom. The maximum absolute atomic E-state index is 12.8. The molecule has 2 N–H and O–H groups in total. The monoisotopic (exact) mass is 306 g/mol. The van der Waals surface area contributed by atoms with Crippen molar-refractivity contribution in [2.45, 2.75) is 6.92 Å². The highest BCUT2D eigenvalue weighted by atomic mass is 16.2. The number of nitrogen functional groups attached to an aromatic ring is 1. The number of nitrogens with two attached hydrogens (primary N) is 1. The summed E-state index contributed by atoms with van der Waals surface area (Å²) in [6.07, 6.45) is 0. The number of benzene rings is 2. The number of nitrogens with zero attached hydrogens (tertiary/aromatic N) is 3. The zero-order valence-electron chi connectivity index (χ0n) is 13.1. The molecule has 0 aliphatic carbocycles. The van der Waals surface area contributed by atoms with Crippen LogP contribution in [0.4, 0.5) is 11.5 Å². The van der Waals surface area contributed by atoms with Gasteiger partial charge in [-0.1, -0.05) is 30.3 Å². The van der Waals surface area contributed by atoms with Crippen LogP contribution in [0.15, 0.2) is 60.7 Å². The average Bonchev–Trinajstić information content (AvgIpc) is 2.96. The van der Waals surface area contributed by atoms with E-state index in [0.717, 1.165) is 11.4 Å². The topological polar surface area (TPSA) is 64.2 Å². The molecule has 5 heteroatoms. The normalized spacial score (nSPS) is 10.5. The summed E-state index contributed by atoms with van der Waals surface area (Å²) in [5.41, 5.74) is 8.60. The Morgan fingerprint density at radius 3 is 2.43 bits per heavy atom. The molecule has 2 aromatic carbocycles. The zero-order chi connectivity index (χ0) is 16.4. The number of para-hydroxylation sites is 2. The fourth-order valence-corrected chi connectivity index (χ4v) is 2.46. The number of aryl methyl sites for hydroxylation is 1. The first-order valence-corrected chi connectivity index (χ1v) is 7.32. The Hall–Kier alpha value is -3.08. The van der Waals surface area contributed by atoms with Crippen molar-refractivity contribution in [3.63, 3.8) is 0 Å². The molecule has 1 aromatic heterocycles. The van der Waals surface area contributed by atoms with E-state index in [0.29, 0.717) is 17.1 Å². The lowest BCUT2D eigenvalue weighted by Gasteiger charge is -2.19. The first-order chi connectivity index (χ1) is 11.1. The van der Waals surface area contributed by atoms with Crippen molar-refractivity contribution in [1.29, 1.82) is 0 Å². The van der Waals surface area contributed by atoms with E-state index in [4.69, 9.17) is 5.73 Å². The van der Waals surface area contributed by atoms with Gasteiger partial charge in [0.1, 0.15) is 5.82 Å². The lowest BCUT2D eigenvalue weighted by Crippen LogP contribution is -2.29. The van der Waals surface area contributed by atoms with Gasteiger partial charge in [0.25, 0.3) is 5.91 Å². The van der Waals surface area contributed by atoms with Gasteiger partial charge in [0.15, 0.2) is 0 Å². The molecule has 1 heterocycles. The molecule has 0 bridgehead atoms. The zero-order valence-corrected chi connectivity index (χ0v) is 13.1. The fraction of sp³-hybridized carbons (Fsp3) is 0.111. The Balaban J connectivity index is 2.02. The van der Waals surface area contributed by atoms with E-state index in [1.807, 2.05) is 49.4 Å². The predicted molar refractivity (Wildman–Crippen MR) is 91.9 cm³/mol. The number of rotatable bonds is 3. The first kappa shape index (κ1) is 14.8. The van der Waals surface area contributed by atoms with Gasteiger partial charge in [-0.2, -0.15) is 5.10 Å². The van der Waals surface area contributed by atoms with E-state index in [1.54, 1.807) is 34.8 Å².